The van der Waals surface area contributed by atoms with Crippen molar-refractivity contribution in [3.63, 3.8) is 0 Å². The van der Waals surface area contributed by atoms with Crippen molar-refractivity contribution < 1.29 is 4.79 Å². The molecule has 0 aliphatic heterocycles. The average Bonchev–Trinajstić information content (AvgIpc) is 2.97. The minimum Gasteiger partial charge on any atom is -0.333 e. The first-order valence-electron chi connectivity index (χ1n) is 8.08. The number of anilines is 1. The lowest BCUT2D eigenvalue weighted by Crippen LogP contribution is -2.36. The molecule has 4 nitrogen and oxygen atoms in total. The topological polar surface area (TPSA) is 49.0 Å². The fourth-order valence-corrected chi connectivity index (χ4v) is 3.55. The normalized spacial score (nSPS) is 12.3. The molecule has 3 aromatic rings. The third kappa shape index (κ3) is 3.46. The molecule has 0 saturated carbocycles. The molecule has 0 spiro atoms. The number of carbonyl (C=O) groups excluding carboxylic acids is 1. The summed E-state index contributed by atoms with van der Waals surface area (Å²) in [5.41, 5.74) is 4.05. The standard InChI is InChI=1S/C19H21N3OS/c1-4-22(15-8-6-5-7-9-15)18(23)14(3)24-19-20-16-11-10-13(2)12-17(16)21-19/h5-12,14H,4H2,1-3H3,(H,20,21). The maximum absolute atomic E-state index is 12.8. The monoisotopic (exact) mass is 339 g/mol. The van der Waals surface area contributed by atoms with E-state index in [9.17, 15) is 4.79 Å². The quantitative estimate of drug-likeness (QED) is 0.701. The first kappa shape index (κ1) is 16.6. The highest BCUT2D eigenvalue weighted by atomic mass is 32.2. The molecule has 2 aromatic carbocycles. The van der Waals surface area contributed by atoms with Gasteiger partial charge in [0.1, 0.15) is 0 Å². The van der Waals surface area contributed by atoms with E-state index in [0.717, 1.165) is 21.9 Å². The van der Waals surface area contributed by atoms with Crippen LogP contribution in [-0.4, -0.2) is 27.7 Å². The molecule has 1 atom stereocenters. The van der Waals surface area contributed by atoms with E-state index in [1.165, 1.54) is 17.3 Å². The molecule has 3 rings (SSSR count). The lowest BCUT2D eigenvalue weighted by Gasteiger charge is -2.23. The third-order valence-corrected chi connectivity index (χ3v) is 4.87. The van der Waals surface area contributed by atoms with Gasteiger partial charge in [-0.05, 0) is 50.6 Å². The van der Waals surface area contributed by atoms with Crippen molar-refractivity contribution >= 4 is 34.4 Å². The number of carbonyl (C=O) groups is 1. The van der Waals surface area contributed by atoms with Crippen molar-refractivity contribution in [2.75, 3.05) is 11.4 Å². The second-order valence-electron chi connectivity index (χ2n) is 5.74. The summed E-state index contributed by atoms with van der Waals surface area (Å²) in [4.78, 5) is 22.5. The zero-order valence-electron chi connectivity index (χ0n) is 14.1. The molecule has 0 fully saturated rings. The lowest BCUT2D eigenvalue weighted by molar-refractivity contribution is -0.117. The SMILES string of the molecule is CCN(C(=O)C(C)Sc1nc2ccc(C)cc2[nH]1)c1ccccc1. The number of hydrogen-bond donors (Lipinski definition) is 1. The van der Waals surface area contributed by atoms with Crippen LogP contribution in [0.3, 0.4) is 0 Å². The molecule has 5 heteroatoms. The fraction of sp³-hybridized carbons (Fsp3) is 0.263. The molecule has 0 aliphatic rings. The molecule has 1 heterocycles. The minimum atomic E-state index is -0.216. The van der Waals surface area contributed by atoms with E-state index in [1.807, 2.05) is 61.2 Å². The summed E-state index contributed by atoms with van der Waals surface area (Å²) in [6.45, 7) is 6.62. The van der Waals surface area contributed by atoms with Crippen LogP contribution in [0.1, 0.15) is 19.4 Å². The maximum atomic E-state index is 12.8. The molecule has 0 aliphatic carbocycles. The summed E-state index contributed by atoms with van der Waals surface area (Å²) in [6.07, 6.45) is 0. The Morgan fingerprint density at radius 2 is 2.00 bits per heavy atom. The number of aromatic amines is 1. The van der Waals surface area contributed by atoms with Crippen LogP contribution < -0.4 is 4.90 Å². The summed E-state index contributed by atoms with van der Waals surface area (Å²) < 4.78 is 0. The van der Waals surface area contributed by atoms with E-state index in [-0.39, 0.29) is 11.2 Å². The summed E-state index contributed by atoms with van der Waals surface area (Å²) in [5, 5.41) is 0.562. The van der Waals surface area contributed by atoms with Crippen molar-refractivity contribution in [2.45, 2.75) is 31.2 Å². The van der Waals surface area contributed by atoms with E-state index in [1.54, 1.807) is 0 Å². The van der Waals surface area contributed by atoms with Crippen LogP contribution in [0.2, 0.25) is 0 Å². The molecule has 24 heavy (non-hydrogen) atoms. The molecule has 0 bridgehead atoms. The van der Waals surface area contributed by atoms with Crippen molar-refractivity contribution in [1.29, 1.82) is 0 Å². The van der Waals surface area contributed by atoms with Crippen molar-refractivity contribution in [3.05, 3.63) is 54.1 Å². The van der Waals surface area contributed by atoms with Gasteiger partial charge in [-0.3, -0.25) is 4.79 Å². The first-order chi connectivity index (χ1) is 11.6. The van der Waals surface area contributed by atoms with Crippen LogP contribution in [-0.2, 0) is 4.79 Å². The van der Waals surface area contributed by atoms with Gasteiger partial charge < -0.3 is 9.88 Å². The zero-order valence-corrected chi connectivity index (χ0v) is 14.9. The smallest absolute Gasteiger partial charge is 0.240 e. The number of aromatic nitrogens is 2. The van der Waals surface area contributed by atoms with Gasteiger partial charge in [-0.1, -0.05) is 36.0 Å². The number of imidazole rings is 1. The van der Waals surface area contributed by atoms with Gasteiger partial charge in [-0.25, -0.2) is 4.98 Å². The van der Waals surface area contributed by atoms with E-state index in [2.05, 4.69) is 23.0 Å². The Bertz CT molecular complexity index is 844. The number of fused-ring (bicyclic) bond motifs is 1. The number of rotatable bonds is 5. The molecule has 1 amide bonds. The number of nitrogens with zero attached hydrogens (tertiary/aromatic N) is 2. The largest absolute Gasteiger partial charge is 0.333 e. The molecule has 0 saturated heterocycles. The van der Waals surface area contributed by atoms with Gasteiger partial charge in [-0.2, -0.15) is 0 Å². The highest BCUT2D eigenvalue weighted by Crippen LogP contribution is 2.26. The first-order valence-corrected chi connectivity index (χ1v) is 8.96. The number of hydrogen-bond acceptors (Lipinski definition) is 3. The Labute approximate surface area is 146 Å². The van der Waals surface area contributed by atoms with E-state index in [0.29, 0.717) is 6.54 Å². The molecule has 0 radical (unpaired) electrons. The van der Waals surface area contributed by atoms with Gasteiger partial charge in [0.15, 0.2) is 5.16 Å². The second kappa shape index (κ2) is 7.09. The summed E-state index contributed by atoms with van der Waals surface area (Å²) >= 11 is 1.46. The summed E-state index contributed by atoms with van der Waals surface area (Å²) in [6, 6.07) is 15.9. The predicted molar refractivity (Wildman–Crippen MR) is 101 cm³/mol. The van der Waals surface area contributed by atoms with Crippen molar-refractivity contribution in [2.24, 2.45) is 0 Å². The fourth-order valence-electron chi connectivity index (χ4n) is 2.67. The Morgan fingerprint density at radius 3 is 2.71 bits per heavy atom. The number of aryl methyl sites for hydroxylation is 1. The molecule has 1 aromatic heterocycles. The maximum Gasteiger partial charge on any atom is 0.240 e. The third-order valence-electron chi connectivity index (χ3n) is 3.90. The molecular formula is C19H21N3OS. The summed E-state index contributed by atoms with van der Waals surface area (Å²) in [5.74, 6) is 0.0883. The highest BCUT2D eigenvalue weighted by Gasteiger charge is 2.22. The van der Waals surface area contributed by atoms with Crippen LogP contribution in [0.5, 0.6) is 0 Å². The van der Waals surface area contributed by atoms with Crippen LogP contribution in [0, 0.1) is 6.92 Å². The van der Waals surface area contributed by atoms with Gasteiger partial charge in [0.2, 0.25) is 5.91 Å². The number of para-hydroxylation sites is 1. The Balaban J connectivity index is 1.77. The lowest BCUT2D eigenvalue weighted by atomic mass is 10.2. The molecule has 1 unspecified atom stereocenters. The number of nitrogens with one attached hydrogen (secondary N) is 1. The van der Waals surface area contributed by atoms with Crippen molar-refractivity contribution in [3.8, 4) is 0 Å². The highest BCUT2D eigenvalue weighted by molar-refractivity contribution is 8.00. The van der Waals surface area contributed by atoms with Gasteiger partial charge >= 0.3 is 0 Å². The Hall–Kier alpha value is -2.27. The van der Waals surface area contributed by atoms with Crippen LogP contribution in [0.15, 0.2) is 53.7 Å². The molecule has 124 valence electrons. The van der Waals surface area contributed by atoms with Crippen LogP contribution in [0.4, 0.5) is 5.69 Å². The number of H-pyrrole nitrogens is 1. The van der Waals surface area contributed by atoms with E-state index >= 15 is 0 Å². The van der Waals surface area contributed by atoms with Gasteiger partial charge in [0.05, 0.1) is 16.3 Å². The number of benzene rings is 2. The zero-order chi connectivity index (χ0) is 17.1. The van der Waals surface area contributed by atoms with Gasteiger partial charge in [-0.15, -0.1) is 0 Å². The number of amides is 1. The Kier molecular flexibility index (Phi) is 4.90. The average molecular weight is 339 g/mol. The molecular weight excluding hydrogens is 318 g/mol. The number of thioether (sulfide) groups is 1. The van der Waals surface area contributed by atoms with Crippen LogP contribution in [0.25, 0.3) is 11.0 Å². The minimum absolute atomic E-state index is 0.0883. The van der Waals surface area contributed by atoms with E-state index < -0.39 is 0 Å². The Morgan fingerprint density at radius 1 is 1.25 bits per heavy atom. The molecule has 1 N–H and O–H groups in total. The van der Waals surface area contributed by atoms with Gasteiger partial charge in [0.25, 0.3) is 0 Å². The van der Waals surface area contributed by atoms with Crippen molar-refractivity contribution in [1.82, 2.24) is 9.97 Å². The second-order valence-corrected chi connectivity index (χ2v) is 7.07. The van der Waals surface area contributed by atoms with Gasteiger partial charge in [0, 0.05) is 12.2 Å². The van der Waals surface area contributed by atoms with E-state index in [4.69, 9.17) is 0 Å². The summed E-state index contributed by atoms with van der Waals surface area (Å²) in [7, 11) is 0. The van der Waals surface area contributed by atoms with Crippen LogP contribution >= 0.6 is 11.8 Å². The predicted octanol–water partition coefficient (Wildman–Crippen LogP) is 4.41.